The molecule has 0 unspecified atom stereocenters. The van der Waals surface area contributed by atoms with Gasteiger partial charge in [0, 0.05) is 36.2 Å². The van der Waals surface area contributed by atoms with Crippen LogP contribution in [-0.4, -0.2) is 33.3 Å². The summed E-state index contributed by atoms with van der Waals surface area (Å²) < 4.78 is 32.3. The van der Waals surface area contributed by atoms with E-state index in [9.17, 15) is 8.78 Å². The molecule has 1 atom stereocenters. The predicted octanol–water partition coefficient (Wildman–Crippen LogP) is 4.14. The predicted molar refractivity (Wildman–Crippen MR) is 113 cm³/mol. The van der Waals surface area contributed by atoms with Crippen LogP contribution < -0.4 is 15.8 Å². The molecule has 0 radical (unpaired) electrons. The number of H-pyrrole nitrogens is 1. The van der Waals surface area contributed by atoms with Crippen LogP contribution in [0, 0.1) is 11.6 Å². The number of hydrogen-bond acceptors (Lipinski definition) is 6. The summed E-state index contributed by atoms with van der Waals surface area (Å²) >= 11 is 0. The number of aromatic amines is 1. The van der Waals surface area contributed by atoms with Gasteiger partial charge < -0.3 is 15.8 Å². The van der Waals surface area contributed by atoms with Crippen molar-refractivity contribution in [1.82, 2.24) is 25.5 Å². The van der Waals surface area contributed by atoms with Crippen LogP contribution in [0.3, 0.4) is 0 Å². The number of nitrogens with zero attached hydrogens (tertiary/aromatic N) is 3. The molecular formula is C22H20F2N6O. The summed E-state index contributed by atoms with van der Waals surface area (Å²) in [5, 5.41) is 11.3. The fourth-order valence-electron chi connectivity index (χ4n) is 3.85. The second kappa shape index (κ2) is 7.92. The zero-order chi connectivity index (χ0) is 21.4. The number of nitrogen functional groups attached to an aromatic ring is 1. The molecule has 1 aliphatic rings. The van der Waals surface area contributed by atoms with Crippen molar-refractivity contribution in [3.63, 3.8) is 0 Å². The third-order valence-corrected chi connectivity index (χ3v) is 5.34. The number of nitrogens with two attached hydrogens (primary N) is 1. The van der Waals surface area contributed by atoms with E-state index in [2.05, 4.69) is 25.5 Å². The lowest BCUT2D eigenvalue weighted by Crippen LogP contribution is -2.29. The molecule has 0 spiro atoms. The molecular weight excluding hydrogens is 402 g/mol. The molecule has 4 aromatic rings. The number of piperidine rings is 1. The average molecular weight is 422 g/mol. The molecule has 3 heterocycles. The van der Waals surface area contributed by atoms with Gasteiger partial charge in [0.15, 0.2) is 5.65 Å². The molecule has 1 aliphatic heterocycles. The van der Waals surface area contributed by atoms with Gasteiger partial charge in [0.1, 0.15) is 34.8 Å². The first-order valence-electron chi connectivity index (χ1n) is 10.0. The Balaban J connectivity index is 1.42. The minimum atomic E-state index is -0.700. The first kappa shape index (κ1) is 19.4. The molecule has 2 aromatic carbocycles. The van der Waals surface area contributed by atoms with Crippen LogP contribution in [0.25, 0.3) is 22.3 Å². The Morgan fingerprint density at radius 1 is 1.00 bits per heavy atom. The van der Waals surface area contributed by atoms with E-state index >= 15 is 0 Å². The number of benzene rings is 2. The molecule has 1 saturated heterocycles. The minimum absolute atomic E-state index is 0.0830. The second-order valence-corrected chi connectivity index (χ2v) is 7.54. The molecule has 5 rings (SSSR count). The van der Waals surface area contributed by atoms with Crippen molar-refractivity contribution in [2.75, 3.05) is 18.8 Å². The van der Waals surface area contributed by atoms with E-state index in [1.807, 2.05) is 0 Å². The Morgan fingerprint density at radius 2 is 1.77 bits per heavy atom. The summed E-state index contributed by atoms with van der Waals surface area (Å²) in [4.78, 5) is 9.17. The normalized spacial score (nSPS) is 16.5. The lowest BCUT2D eigenvalue weighted by molar-refractivity contribution is 0.447. The smallest absolute Gasteiger partial charge is 0.187 e. The van der Waals surface area contributed by atoms with Gasteiger partial charge in [0.2, 0.25) is 0 Å². The van der Waals surface area contributed by atoms with Crippen molar-refractivity contribution < 1.29 is 13.5 Å². The summed E-state index contributed by atoms with van der Waals surface area (Å²) in [6.07, 6.45) is 2.10. The zero-order valence-corrected chi connectivity index (χ0v) is 16.5. The van der Waals surface area contributed by atoms with Crippen molar-refractivity contribution in [3.05, 3.63) is 59.9 Å². The number of rotatable bonds is 4. The Kier molecular flexibility index (Phi) is 4.95. The lowest BCUT2D eigenvalue weighted by atomic mass is 9.98. The van der Waals surface area contributed by atoms with Crippen molar-refractivity contribution in [3.8, 4) is 22.8 Å². The molecule has 0 bridgehead atoms. The Bertz CT molecular complexity index is 1210. The molecule has 0 amide bonds. The van der Waals surface area contributed by atoms with Gasteiger partial charge in [0.05, 0.1) is 11.1 Å². The van der Waals surface area contributed by atoms with Gasteiger partial charge in [-0.1, -0.05) is 0 Å². The maximum absolute atomic E-state index is 13.4. The second-order valence-electron chi connectivity index (χ2n) is 7.54. The maximum atomic E-state index is 13.4. The van der Waals surface area contributed by atoms with E-state index in [-0.39, 0.29) is 11.7 Å². The first-order chi connectivity index (χ1) is 15.1. The fourth-order valence-corrected chi connectivity index (χ4v) is 3.85. The third-order valence-electron chi connectivity index (χ3n) is 5.34. The Morgan fingerprint density at radius 3 is 2.48 bits per heavy atom. The molecule has 4 N–H and O–H groups in total. The van der Waals surface area contributed by atoms with Crippen LogP contribution in [0.15, 0.2) is 42.5 Å². The van der Waals surface area contributed by atoms with Gasteiger partial charge >= 0.3 is 0 Å². The highest BCUT2D eigenvalue weighted by molar-refractivity contribution is 5.98. The Labute approximate surface area is 176 Å². The molecule has 31 heavy (non-hydrogen) atoms. The number of nitrogens with one attached hydrogen (secondary N) is 2. The number of fused-ring (bicyclic) bond motifs is 1. The summed E-state index contributed by atoms with van der Waals surface area (Å²) in [6, 6.07) is 10.0. The molecule has 0 saturated carbocycles. The summed E-state index contributed by atoms with van der Waals surface area (Å²) in [7, 11) is 0. The average Bonchev–Trinajstić information content (AvgIpc) is 3.19. The van der Waals surface area contributed by atoms with Crippen LogP contribution in [0.1, 0.15) is 24.6 Å². The van der Waals surface area contributed by atoms with Crippen molar-refractivity contribution in [2.45, 2.75) is 18.8 Å². The highest BCUT2D eigenvalue weighted by atomic mass is 19.1. The number of hydrogen-bond donors (Lipinski definition) is 3. The van der Waals surface area contributed by atoms with E-state index < -0.39 is 11.6 Å². The van der Waals surface area contributed by atoms with Gasteiger partial charge in [-0.3, -0.25) is 5.10 Å². The quantitative estimate of drug-likeness (QED) is 0.457. The third kappa shape index (κ3) is 3.91. The topological polar surface area (TPSA) is 102 Å². The highest BCUT2D eigenvalue weighted by Crippen LogP contribution is 2.32. The van der Waals surface area contributed by atoms with Gasteiger partial charge in [0.25, 0.3) is 0 Å². The minimum Gasteiger partial charge on any atom is -0.457 e. The van der Waals surface area contributed by atoms with Crippen molar-refractivity contribution >= 4 is 16.9 Å². The van der Waals surface area contributed by atoms with Gasteiger partial charge in [-0.05, 0) is 43.7 Å². The first-order valence-corrected chi connectivity index (χ1v) is 10.0. The lowest BCUT2D eigenvalue weighted by Gasteiger charge is -2.21. The van der Waals surface area contributed by atoms with Crippen LogP contribution in [0.5, 0.6) is 11.5 Å². The molecule has 7 nitrogen and oxygen atoms in total. The number of halogens is 2. The zero-order valence-electron chi connectivity index (χ0n) is 16.5. The van der Waals surface area contributed by atoms with E-state index in [1.54, 1.807) is 24.3 Å². The summed E-state index contributed by atoms with van der Waals surface area (Å²) in [5.41, 5.74) is 8.31. The highest BCUT2D eigenvalue weighted by Gasteiger charge is 2.21. The van der Waals surface area contributed by atoms with Crippen molar-refractivity contribution in [2.24, 2.45) is 0 Å². The monoisotopic (exact) mass is 422 g/mol. The van der Waals surface area contributed by atoms with E-state index in [0.29, 0.717) is 34.1 Å². The van der Waals surface area contributed by atoms with Gasteiger partial charge in [-0.2, -0.15) is 5.10 Å². The molecule has 158 valence electrons. The van der Waals surface area contributed by atoms with Crippen LogP contribution in [-0.2, 0) is 0 Å². The van der Waals surface area contributed by atoms with E-state index in [4.69, 9.17) is 10.5 Å². The molecule has 0 aliphatic carbocycles. The van der Waals surface area contributed by atoms with Crippen LogP contribution in [0.2, 0.25) is 0 Å². The number of aromatic nitrogens is 4. The fraction of sp³-hybridized carbons (Fsp3) is 0.227. The van der Waals surface area contributed by atoms with Gasteiger partial charge in [-0.15, -0.1) is 0 Å². The Hall–Kier alpha value is -3.59. The summed E-state index contributed by atoms with van der Waals surface area (Å²) in [6.45, 7) is 1.84. The van der Waals surface area contributed by atoms with Crippen LogP contribution in [0.4, 0.5) is 14.6 Å². The standard InChI is InChI=1S/C22H20F2N6O/c23-14-8-15(24)10-17(9-14)31-16-5-3-12(4-6-16)19-18-20(25)27-21(28-22(18)30-29-19)13-2-1-7-26-11-13/h3-6,8-10,13,26H,1-2,7,11H2,(H3,25,27,28,29,30)/t13-/m1/s1. The largest absolute Gasteiger partial charge is 0.457 e. The maximum Gasteiger partial charge on any atom is 0.187 e. The summed E-state index contributed by atoms with van der Waals surface area (Å²) in [5.74, 6) is 0.438. The van der Waals surface area contributed by atoms with Crippen LogP contribution >= 0.6 is 0 Å². The van der Waals surface area contributed by atoms with Gasteiger partial charge in [-0.25, -0.2) is 18.7 Å². The number of ether oxygens (including phenoxy) is 1. The van der Waals surface area contributed by atoms with Crippen molar-refractivity contribution in [1.29, 1.82) is 0 Å². The SMILES string of the molecule is Nc1nc([C@@H]2CCCNC2)nc2n[nH]c(-c3ccc(Oc4cc(F)cc(F)c4)cc3)c12. The molecule has 9 heteroatoms. The molecule has 2 aromatic heterocycles. The molecule has 1 fully saturated rings. The van der Waals surface area contributed by atoms with E-state index in [0.717, 1.165) is 49.7 Å². The van der Waals surface area contributed by atoms with E-state index in [1.165, 1.54) is 0 Å². The number of anilines is 1.